The Hall–Kier alpha value is -1.55. The van der Waals surface area contributed by atoms with Crippen molar-refractivity contribution in [1.82, 2.24) is 0 Å². The molecule has 1 saturated carbocycles. The Morgan fingerprint density at radius 1 is 1.39 bits per heavy atom. The molecule has 0 unspecified atom stereocenters. The molecule has 0 aromatic heterocycles. The predicted octanol–water partition coefficient (Wildman–Crippen LogP) is 2.15. The van der Waals surface area contributed by atoms with E-state index in [1.165, 1.54) is 12.8 Å². The maximum atomic E-state index is 11.7. The average Bonchev–Trinajstić information content (AvgIpc) is 3.11. The summed E-state index contributed by atoms with van der Waals surface area (Å²) >= 11 is 0. The van der Waals surface area contributed by atoms with Crippen molar-refractivity contribution in [2.24, 2.45) is 11.7 Å². The van der Waals surface area contributed by atoms with Gasteiger partial charge in [0.25, 0.3) is 0 Å². The first kappa shape index (κ1) is 12.9. The van der Waals surface area contributed by atoms with Crippen LogP contribution in [0.5, 0.6) is 5.75 Å². The van der Waals surface area contributed by atoms with E-state index < -0.39 is 5.54 Å². The largest absolute Gasteiger partial charge is 0.493 e. The molecule has 4 heteroatoms. The number of ether oxygens (including phenoxy) is 1. The third-order valence-electron chi connectivity index (χ3n) is 2.88. The van der Waals surface area contributed by atoms with Crippen LogP contribution in [0.15, 0.2) is 24.3 Å². The van der Waals surface area contributed by atoms with Gasteiger partial charge in [0.15, 0.2) is 0 Å². The Morgan fingerprint density at radius 3 is 2.50 bits per heavy atom. The molecule has 4 nitrogen and oxygen atoms in total. The lowest BCUT2D eigenvalue weighted by Crippen LogP contribution is -2.45. The fraction of sp³-hybridized carbons (Fsp3) is 0.500. The molecule has 0 radical (unpaired) electrons. The molecule has 0 saturated heterocycles. The molecule has 1 aromatic carbocycles. The first-order valence-electron chi connectivity index (χ1n) is 6.28. The van der Waals surface area contributed by atoms with E-state index >= 15 is 0 Å². The van der Waals surface area contributed by atoms with Crippen LogP contribution < -0.4 is 15.8 Å². The Kier molecular flexibility index (Phi) is 3.57. The lowest BCUT2D eigenvalue weighted by molar-refractivity contribution is -0.120. The van der Waals surface area contributed by atoms with Crippen LogP contribution in [0.2, 0.25) is 0 Å². The number of anilines is 1. The SMILES string of the molecule is CC(C)(N)C(=O)Nc1ccc(OCC2CC2)cc1. The molecule has 0 heterocycles. The fourth-order valence-electron chi connectivity index (χ4n) is 1.43. The summed E-state index contributed by atoms with van der Waals surface area (Å²) in [7, 11) is 0. The van der Waals surface area contributed by atoms with Crippen molar-refractivity contribution in [2.75, 3.05) is 11.9 Å². The van der Waals surface area contributed by atoms with Crippen molar-refractivity contribution >= 4 is 11.6 Å². The molecule has 0 spiro atoms. The lowest BCUT2D eigenvalue weighted by atomic mass is 10.1. The zero-order valence-corrected chi connectivity index (χ0v) is 10.9. The van der Waals surface area contributed by atoms with E-state index in [1.807, 2.05) is 24.3 Å². The number of amides is 1. The zero-order chi connectivity index (χ0) is 13.2. The summed E-state index contributed by atoms with van der Waals surface area (Å²) in [5.74, 6) is 1.38. The summed E-state index contributed by atoms with van der Waals surface area (Å²) < 4.78 is 5.62. The molecule has 1 aliphatic carbocycles. The highest BCUT2D eigenvalue weighted by atomic mass is 16.5. The minimum atomic E-state index is -0.874. The molecule has 98 valence electrons. The quantitative estimate of drug-likeness (QED) is 0.839. The summed E-state index contributed by atoms with van der Waals surface area (Å²) in [5.41, 5.74) is 5.57. The Labute approximate surface area is 108 Å². The van der Waals surface area contributed by atoms with Gasteiger partial charge < -0.3 is 15.8 Å². The van der Waals surface area contributed by atoms with Crippen molar-refractivity contribution in [3.63, 3.8) is 0 Å². The Balaban J connectivity index is 1.88. The molecular formula is C14H20N2O2. The van der Waals surface area contributed by atoms with Crippen LogP contribution in [-0.4, -0.2) is 18.1 Å². The van der Waals surface area contributed by atoms with Crippen LogP contribution >= 0.6 is 0 Å². The molecular weight excluding hydrogens is 228 g/mol. The van der Waals surface area contributed by atoms with Gasteiger partial charge in [0.1, 0.15) is 5.75 Å². The normalized spacial score (nSPS) is 15.3. The summed E-state index contributed by atoms with van der Waals surface area (Å²) in [4.78, 5) is 11.7. The first-order chi connectivity index (χ1) is 8.45. The van der Waals surface area contributed by atoms with Crippen LogP contribution in [0.3, 0.4) is 0 Å². The molecule has 3 N–H and O–H groups in total. The van der Waals surface area contributed by atoms with Crippen LogP contribution in [0.4, 0.5) is 5.69 Å². The van der Waals surface area contributed by atoms with E-state index in [4.69, 9.17) is 10.5 Å². The number of hydrogen-bond acceptors (Lipinski definition) is 3. The topological polar surface area (TPSA) is 64.4 Å². The third kappa shape index (κ3) is 3.74. The van der Waals surface area contributed by atoms with Crippen molar-refractivity contribution in [3.05, 3.63) is 24.3 Å². The maximum absolute atomic E-state index is 11.7. The van der Waals surface area contributed by atoms with E-state index in [9.17, 15) is 4.79 Å². The third-order valence-corrected chi connectivity index (χ3v) is 2.88. The van der Waals surface area contributed by atoms with Gasteiger partial charge in [-0.3, -0.25) is 4.79 Å². The first-order valence-corrected chi connectivity index (χ1v) is 6.28. The van der Waals surface area contributed by atoms with Gasteiger partial charge in [0, 0.05) is 5.69 Å². The minimum Gasteiger partial charge on any atom is -0.493 e. The highest BCUT2D eigenvalue weighted by Crippen LogP contribution is 2.29. The summed E-state index contributed by atoms with van der Waals surface area (Å²) in [6, 6.07) is 7.38. The molecule has 2 rings (SSSR count). The Morgan fingerprint density at radius 2 is 2.00 bits per heavy atom. The molecule has 1 amide bonds. The van der Waals surface area contributed by atoms with Gasteiger partial charge in [0.05, 0.1) is 12.1 Å². The van der Waals surface area contributed by atoms with Crippen LogP contribution in [-0.2, 0) is 4.79 Å². The monoisotopic (exact) mass is 248 g/mol. The Bertz CT molecular complexity index is 416. The minimum absolute atomic E-state index is 0.200. The summed E-state index contributed by atoms with van der Waals surface area (Å²) in [6.45, 7) is 4.15. The van der Waals surface area contributed by atoms with E-state index in [1.54, 1.807) is 13.8 Å². The molecule has 18 heavy (non-hydrogen) atoms. The summed E-state index contributed by atoms with van der Waals surface area (Å²) in [6.07, 6.45) is 2.56. The van der Waals surface area contributed by atoms with Gasteiger partial charge in [0.2, 0.25) is 5.91 Å². The zero-order valence-electron chi connectivity index (χ0n) is 10.9. The number of rotatable bonds is 5. The van der Waals surface area contributed by atoms with Gasteiger partial charge >= 0.3 is 0 Å². The van der Waals surface area contributed by atoms with Gasteiger partial charge in [-0.2, -0.15) is 0 Å². The smallest absolute Gasteiger partial charge is 0.243 e. The van der Waals surface area contributed by atoms with Crippen molar-refractivity contribution in [1.29, 1.82) is 0 Å². The molecule has 0 bridgehead atoms. The number of nitrogens with two attached hydrogens (primary N) is 1. The standard InChI is InChI=1S/C14H20N2O2/c1-14(2,15)13(17)16-11-5-7-12(8-6-11)18-9-10-3-4-10/h5-8,10H,3-4,9,15H2,1-2H3,(H,16,17). The maximum Gasteiger partial charge on any atom is 0.243 e. The van der Waals surface area contributed by atoms with Crippen LogP contribution in [0, 0.1) is 5.92 Å². The van der Waals surface area contributed by atoms with E-state index in [2.05, 4.69) is 5.32 Å². The fourth-order valence-corrected chi connectivity index (χ4v) is 1.43. The second-order valence-electron chi connectivity index (χ2n) is 5.45. The van der Waals surface area contributed by atoms with E-state index in [0.29, 0.717) is 0 Å². The van der Waals surface area contributed by atoms with Crippen molar-refractivity contribution < 1.29 is 9.53 Å². The molecule has 1 aromatic rings. The predicted molar refractivity (Wildman–Crippen MR) is 71.6 cm³/mol. The second kappa shape index (κ2) is 4.98. The highest BCUT2D eigenvalue weighted by molar-refractivity contribution is 5.97. The highest BCUT2D eigenvalue weighted by Gasteiger charge is 2.22. The van der Waals surface area contributed by atoms with Gasteiger partial charge in [-0.1, -0.05) is 0 Å². The molecule has 1 fully saturated rings. The second-order valence-corrected chi connectivity index (χ2v) is 5.45. The lowest BCUT2D eigenvalue weighted by Gasteiger charge is -2.17. The molecule has 0 aliphatic heterocycles. The van der Waals surface area contributed by atoms with Gasteiger partial charge in [-0.25, -0.2) is 0 Å². The molecule has 0 atom stereocenters. The van der Waals surface area contributed by atoms with Crippen molar-refractivity contribution in [3.8, 4) is 5.75 Å². The van der Waals surface area contributed by atoms with Crippen LogP contribution in [0.1, 0.15) is 26.7 Å². The number of carbonyl (C=O) groups is 1. The average molecular weight is 248 g/mol. The van der Waals surface area contributed by atoms with Crippen molar-refractivity contribution in [2.45, 2.75) is 32.2 Å². The summed E-state index contributed by atoms with van der Waals surface area (Å²) in [5, 5.41) is 2.77. The number of benzene rings is 1. The van der Waals surface area contributed by atoms with E-state index in [-0.39, 0.29) is 5.91 Å². The van der Waals surface area contributed by atoms with E-state index in [0.717, 1.165) is 24.0 Å². The van der Waals surface area contributed by atoms with Gasteiger partial charge in [-0.05, 0) is 56.9 Å². The van der Waals surface area contributed by atoms with Gasteiger partial charge in [-0.15, -0.1) is 0 Å². The molecule has 1 aliphatic rings. The number of nitrogens with one attached hydrogen (secondary N) is 1. The number of hydrogen-bond donors (Lipinski definition) is 2. The number of carbonyl (C=O) groups excluding carboxylic acids is 1. The van der Waals surface area contributed by atoms with Crippen LogP contribution in [0.25, 0.3) is 0 Å².